The van der Waals surface area contributed by atoms with Crippen molar-refractivity contribution in [2.75, 3.05) is 12.4 Å². The second kappa shape index (κ2) is 7.33. The molecule has 0 radical (unpaired) electrons. The third kappa shape index (κ3) is 3.38. The number of ether oxygens (including phenoxy) is 1. The number of carbonyl (C=O) groups excluding carboxylic acids is 1. The fourth-order valence-electron chi connectivity index (χ4n) is 3.50. The van der Waals surface area contributed by atoms with E-state index >= 15 is 0 Å². The van der Waals surface area contributed by atoms with Crippen molar-refractivity contribution in [2.24, 2.45) is 0 Å². The van der Waals surface area contributed by atoms with Crippen LogP contribution in [-0.4, -0.2) is 28.0 Å². The highest BCUT2D eigenvalue weighted by molar-refractivity contribution is 7.13. The first-order chi connectivity index (χ1) is 14.2. The number of benzene rings is 2. The van der Waals surface area contributed by atoms with Crippen molar-refractivity contribution in [1.29, 1.82) is 0 Å². The van der Waals surface area contributed by atoms with Crippen molar-refractivity contribution in [1.82, 2.24) is 15.0 Å². The van der Waals surface area contributed by atoms with Gasteiger partial charge in [0.15, 0.2) is 0 Å². The molecule has 5 rings (SSSR count). The van der Waals surface area contributed by atoms with E-state index in [0.717, 1.165) is 38.9 Å². The van der Waals surface area contributed by atoms with Crippen LogP contribution in [-0.2, 0) is 0 Å². The Hall–Kier alpha value is -3.19. The van der Waals surface area contributed by atoms with Gasteiger partial charge in [-0.3, -0.25) is 4.79 Å². The van der Waals surface area contributed by atoms with Gasteiger partial charge >= 0.3 is 0 Å². The number of aromatic nitrogens is 3. The monoisotopic (exact) mass is 404 g/mol. The maximum absolute atomic E-state index is 12.7. The Morgan fingerprint density at radius 1 is 1.21 bits per heavy atom. The molecule has 0 atom stereocenters. The number of methoxy groups -OCH3 is 1. The lowest BCUT2D eigenvalue weighted by molar-refractivity contribution is 0.102. The van der Waals surface area contributed by atoms with Gasteiger partial charge in [-0.2, -0.15) is 0 Å². The van der Waals surface area contributed by atoms with E-state index in [-0.39, 0.29) is 5.91 Å². The molecule has 1 aliphatic carbocycles. The molecule has 1 aliphatic rings. The fourth-order valence-corrected chi connectivity index (χ4v) is 4.33. The van der Waals surface area contributed by atoms with Crippen molar-refractivity contribution in [3.8, 4) is 16.3 Å². The third-order valence-electron chi connectivity index (χ3n) is 5.32. The van der Waals surface area contributed by atoms with Crippen LogP contribution in [0.25, 0.3) is 21.6 Å². The number of thiazole rings is 1. The highest BCUT2D eigenvalue weighted by atomic mass is 32.1. The number of hydrogen-bond acceptors (Lipinski definition) is 5. The van der Waals surface area contributed by atoms with E-state index in [1.807, 2.05) is 42.5 Å². The Bertz CT molecular complexity index is 1190. The van der Waals surface area contributed by atoms with Gasteiger partial charge in [-0.05, 0) is 43.2 Å². The van der Waals surface area contributed by atoms with Crippen LogP contribution in [0, 0.1) is 0 Å². The molecule has 0 unspecified atom stereocenters. The SMILES string of the molecule is COc1ccccc1-c1nc(C(=O)Nc2ccc3nc(C4CCC4)[nH]c3c2)cs1. The van der Waals surface area contributed by atoms with E-state index in [4.69, 9.17) is 4.74 Å². The zero-order valence-corrected chi connectivity index (χ0v) is 16.8. The minimum absolute atomic E-state index is 0.236. The number of H-pyrrole nitrogens is 1. The number of anilines is 1. The van der Waals surface area contributed by atoms with Crippen LogP contribution in [0.2, 0.25) is 0 Å². The number of aromatic amines is 1. The number of hydrogen-bond donors (Lipinski definition) is 2. The van der Waals surface area contributed by atoms with E-state index in [1.165, 1.54) is 30.6 Å². The summed E-state index contributed by atoms with van der Waals surface area (Å²) in [7, 11) is 1.63. The van der Waals surface area contributed by atoms with Crippen LogP contribution in [0.3, 0.4) is 0 Å². The number of fused-ring (bicyclic) bond motifs is 1. The van der Waals surface area contributed by atoms with E-state index in [1.54, 1.807) is 12.5 Å². The summed E-state index contributed by atoms with van der Waals surface area (Å²) in [4.78, 5) is 25.3. The predicted octanol–water partition coefficient (Wildman–Crippen LogP) is 5.21. The van der Waals surface area contributed by atoms with E-state index in [2.05, 4.69) is 20.3 Å². The van der Waals surface area contributed by atoms with Crippen LogP contribution < -0.4 is 10.1 Å². The molecule has 0 saturated heterocycles. The molecule has 0 spiro atoms. The highest BCUT2D eigenvalue weighted by Crippen LogP contribution is 2.36. The molecule has 2 N–H and O–H groups in total. The molecule has 7 heteroatoms. The van der Waals surface area contributed by atoms with Gasteiger partial charge < -0.3 is 15.0 Å². The molecule has 0 bridgehead atoms. The summed E-state index contributed by atoms with van der Waals surface area (Å²) < 4.78 is 5.39. The number of nitrogens with one attached hydrogen (secondary N) is 2. The number of para-hydroxylation sites is 1. The molecule has 1 fully saturated rings. The molecule has 2 aromatic heterocycles. The van der Waals surface area contributed by atoms with Gasteiger partial charge in [0.1, 0.15) is 22.3 Å². The number of nitrogens with zero attached hydrogens (tertiary/aromatic N) is 2. The first-order valence-electron chi connectivity index (χ1n) is 9.61. The summed E-state index contributed by atoms with van der Waals surface area (Å²) >= 11 is 1.42. The second-order valence-electron chi connectivity index (χ2n) is 7.17. The normalized spacial score (nSPS) is 14.0. The van der Waals surface area contributed by atoms with Crippen molar-refractivity contribution in [2.45, 2.75) is 25.2 Å². The van der Waals surface area contributed by atoms with Crippen molar-refractivity contribution < 1.29 is 9.53 Å². The van der Waals surface area contributed by atoms with Gasteiger partial charge in [-0.15, -0.1) is 11.3 Å². The standard InChI is InChI=1S/C22H20N4O2S/c1-28-19-8-3-2-7-15(19)22-26-18(12-29-22)21(27)23-14-9-10-16-17(11-14)25-20(24-16)13-5-4-6-13/h2-3,7-13H,4-6H2,1H3,(H,23,27)(H,24,25). The molecular weight excluding hydrogens is 384 g/mol. The maximum Gasteiger partial charge on any atom is 0.275 e. The quantitative estimate of drug-likeness (QED) is 0.478. The van der Waals surface area contributed by atoms with Crippen LogP contribution in [0.5, 0.6) is 5.75 Å². The first-order valence-corrected chi connectivity index (χ1v) is 10.5. The van der Waals surface area contributed by atoms with Gasteiger partial charge in [0.25, 0.3) is 5.91 Å². The van der Waals surface area contributed by atoms with E-state index in [9.17, 15) is 4.79 Å². The first kappa shape index (κ1) is 17.9. The highest BCUT2D eigenvalue weighted by Gasteiger charge is 2.22. The zero-order valence-electron chi connectivity index (χ0n) is 15.9. The number of imidazole rings is 1. The number of rotatable bonds is 5. The Morgan fingerprint density at radius 3 is 2.86 bits per heavy atom. The van der Waals surface area contributed by atoms with Crippen molar-refractivity contribution in [3.05, 3.63) is 59.4 Å². The maximum atomic E-state index is 12.7. The van der Waals surface area contributed by atoms with Crippen molar-refractivity contribution >= 4 is 34.0 Å². The summed E-state index contributed by atoms with van der Waals surface area (Å²) in [6.07, 6.45) is 3.66. The minimum Gasteiger partial charge on any atom is -0.496 e. The van der Waals surface area contributed by atoms with Gasteiger partial charge in [0.05, 0.1) is 23.7 Å². The largest absolute Gasteiger partial charge is 0.496 e. The lowest BCUT2D eigenvalue weighted by atomic mass is 9.85. The average Bonchev–Trinajstić information content (AvgIpc) is 3.33. The van der Waals surface area contributed by atoms with Crippen molar-refractivity contribution in [3.63, 3.8) is 0 Å². The van der Waals surface area contributed by atoms with E-state index in [0.29, 0.717) is 11.6 Å². The summed E-state index contributed by atoms with van der Waals surface area (Å²) in [5.74, 6) is 2.10. The van der Waals surface area contributed by atoms with Gasteiger partial charge in [0.2, 0.25) is 0 Å². The molecule has 29 heavy (non-hydrogen) atoms. The van der Waals surface area contributed by atoms with Crippen LogP contribution in [0.15, 0.2) is 47.8 Å². The molecule has 2 heterocycles. The summed E-state index contributed by atoms with van der Waals surface area (Å²) in [5.41, 5.74) is 3.85. The summed E-state index contributed by atoms with van der Waals surface area (Å²) in [6, 6.07) is 13.4. The Morgan fingerprint density at radius 2 is 2.07 bits per heavy atom. The smallest absolute Gasteiger partial charge is 0.275 e. The van der Waals surface area contributed by atoms with E-state index < -0.39 is 0 Å². The Balaban J connectivity index is 1.35. The molecular formula is C22H20N4O2S. The predicted molar refractivity (Wildman–Crippen MR) is 115 cm³/mol. The molecule has 1 saturated carbocycles. The summed E-state index contributed by atoms with van der Waals surface area (Å²) in [5, 5.41) is 5.45. The zero-order chi connectivity index (χ0) is 19.8. The fraction of sp³-hybridized carbons (Fsp3) is 0.227. The molecule has 0 aliphatic heterocycles. The molecule has 146 valence electrons. The van der Waals surface area contributed by atoms with Crippen LogP contribution in [0.4, 0.5) is 5.69 Å². The average molecular weight is 404 g/mol. The number of carbonyl (C=O) groups is 1. The topological polar surface area (TPSA) is 79.9 Å². The molecule has 4 aromatic rings. The molecule has 2 aromatic carbocycles. The minimum atomic E-state index is -0.236. The Kier molecular flexibility index (Phi) is 4.52. The molecule has 1 amide bonds. The lowest BCUT2D eigenvalue weighted by Gasteiger charge is -2.22. The Labute approximate surface area is 172 Å². The van der Waals surface area contributed by atoms with Gasteiger partial charge in [0, 0.05) is 17.0 Å². The van der Waals surface area contributed by atoms with Crippen LogP contribution >= 0.6 is 11.3 Å². The van der Waals surface area contributed by atoms with Gasteiger partial charge in [-0.25, -0.2) is 9.97 Å². The summed E-state index contributed by atoms with van der Waals surface area (Å²) in [6.45, 7) is 0. The van der Waals surface area contributed by atoms with Crippen LogP contribution in [0.1, 0.15) is 41.5 Å². The van der Waals surface area contributed by atoms with Gasteiger partial charge in [-0.1, -0.05) is 18.6 Å². The third-order valence-corrected chi connectivity index (χ3v) is 6.20. The molecule has 6 nitrogen and oxygen atoms in total. The second-order valence-corrected chi connectivity index (χ2v) is 8.03. The number of amides is 1. The lowest BCUT2D eigenvalue weighted by Crippen LogP contribution is -2.12.